The largest absolute Gasteiger partial charge is 0.372 e. The zero-order chi connectivity index (χ0) is 21.2. The number of amides is 2. The lowest BCUT2D eigenvalue weighted by Crippen LogP contribution is -2.32. The van der Waals surface area contributed by atoms with Gasteiger partial charge in [-0.05, 0) is 28.1 Å². The van der Waals surface area contributed by atoms with Crippen LogP contribution < -0.4 is 10.6 Å². The minimum atomic E-state index is -0.299. The van der Waals surface area contributed by atoms with Crippen LogP contribution in [0.4, 0.5) is 0 Å². The van der Waals surface area contributed by atoms with Gasteiger partial charge in [-0.3, -0.25) is 9.59 Å². The fourth-order valence-corrected chi connectivity index (χ4v) is 3.81. The van der Waals surface area contributed by atoms with E-state index >= 15 is 0 Å². The molecule has 1 unspecified atom stereocenters. The highest BCUT2D eigenvalue weighted by Crippen LogP contribution is 2.22. The van der Waals surface area contributed by atoms with Gasteiger partial charge in [0.25, 0.3) is 0 Å². The maximum Gasteiger partial charge on any atom is 0.222 e. The van der Waals surface area contributed by atoms with Crippen LogP contribution in [0.5, 0.6) is 0 Å². The van der Waals surface area contributed by atoms with Crippen LogP contribution in [-0.2, 0) is 34.1 Å². The van der Waals surface area contributed by atoms with Gasteiger partial charge in [-0.2, -0.15) is 0 Å². The van der Waals surface area contributed by atoms with Gasteiger partial charge in [0.05, 0.1) is 25.7 Å². The molecule has 0 saturated carbocycles. The molecule has 1 aromatic heterocycles. The van der Waals surface area contributed by atoms with E-state index in [4.69, 9.17) is 4.74 Å². The van der Waals surface area contributed by atoms with Gasteiger partial charge in [0.2, 0.25) is 11.8 Å². The van der Waals surface area contributed by atoms with E-state index in [9.17, 15) is 9.59 Å². The fourth-order valence-electron chi connectivity index (χ4n) is 3.03. The Kier molecular flexibility index (Phi) is 8.18. The van der Waals surface area contributed by atoms with E-state index in [1.807, 2.05) is 72.1 Å². The second-order valence-electron chi connectivity index (χ2n) is 7.04. The van der Waals surface area contributed by atoms with Gasteiger partial charge in [-0.25, -0.2) is 0 Å². The molecule has 0 fully saturated rings. The monoisotopic (exact) mass is 422 g/mol. The number of rotatable bonds is 10. The fraction of sp³-hybridized carbons (Fsp3) is 0.250. The summed E-state index contributed by atoms with van der Waals surface area (Å²) in [6, 6.07) is 21.6. The number of benzene rings is 2. The Hall–Kier alpha value is -2.96. The van der Waals surface area contributed by atoms with Crippen molar-refractivity contribution in [1.82, 2.24) is 10.6 Å². The normalized spacial score (nSPS) is 11.6. The lowest BCUT2D eigenvalue weighted by atomic mass is 10.1. The molecule has 2 amide bonds. The van der Waals surface area contributed by atoms with E-state index in [1.165, 1.54) is 18.3 Å². The Balaban J connectivity index is 1.43. The number of ether oxygens (including phenoxy) is 1. The first-order valence-electron chi connectivity index (χ1n) is 9.87. The Labute approximate surface area is 181 Å². The van der Waals surface area contributed by atoms with Gasteiger partial charge in [0, 0.05) is 18.3 Å². The molecule has 5 nitrogen and oxygen atoms in total. The number of nitrogens with one attached hydrogen (secondary N) is 2. The van der Waals surface area contributed by atoms with Gasteiger partial charge < -0.3 is 15.4 Å². The van der Waals surface area contributed by atoms with Crippen molar-refractivity contribution in [2.75, 3.05) is 0 Å². The lowest BCUT2D eigenvalue weighted by molar-refractivity contribution is -0.122. The molecule has 0 spiro atoms. The van der Waals surface area contributed by atoms with E-state index in [2.05, 4.69) is 10.6 Å². The maximum absolute atomic E-state index is 12.4. The van der Waals surface area contributed by atoms with Crippen molar-refractivity contribution in [2.24, 2.45) is 0 Å². The Morgan fingerprint density at radius 1 is 0.900 bits per heavy atom. The first-order chi connectivity index (χ1) is 14.6. The number of carbonyl (C=O) groups is 2. The summed E-state index contributed by atoms with van der Waals surface area (Å²) < 4.78 is 5.75. The highest BCUT2D eigenvalue weighted by Gasteiger charge is 2.17. The molecule has 1 heterocycles. The Morgan fingerprint density at radius 2 is 1.57 bits per heavy atom. The molecule has 0 aliphatic carbocycles. The Bertz CT molecular complexity index is 925. The quantitative estimate of drug-likeness (QED) is 0.510. The standard InChI is InChI=1S/C24H26N2O3S/c1-18(27)26-22(23-8-5-13-30-23)14-24(28)25-15-19-9-11-21(12-10-19)17-29-16-20-6-3-2-4-7-20/h2-13,22H,14-17H2,1H3,(H,25,28)(H,26,27). The SMILES string of the molecule is CC(=O)NC(CC(=O)NCc1ccc(COCc2ccccc2)cc1)c1cccs1. The summed E-state index contributed by atoms with van der Waals surface area (Å²) in [6.07, 6.45) is 0.214. The van der Waals surface area contributed by atoms with E-state index in [-0.39, 0.29) is 24.3 Å². The maximum atomic E-state index is 12.4. The topological polar surface area (TPSA) is 67.4 Å². The molecule has 3 rings (SSSR count). The molecule has 3 aromatic rings. The molecule has 30 heavy (non-hydrogen) atoms. The smallest absolute Gasteiger partial charge is 0.222 e. The Morgan fingerprint density at radius 3 is 2.20 bits per heavy atom. The van der Waals surface area contributed by atoms with Crippen molar-refractivity contribution in [3.8, 4) is 0 Å². The van der Waals surface area contributed by atoms with Crippen molar-refractivity contribution >= 4 is 23.2 Å². The van der Waals surface area contributed by atoms with Gasteiger partial charge in [0.1, 0.15) is 0 Å². The summed E-state index contributed by atoms with van der Waals surface area (Å²) in [5.74, 6) is -0.247. The summed E-state index contributed by atoms with van der Waals surface area (Å²) >= 11 is 1.53. The third-order valence-electron chi connectivity index (χ3n) is 4.55. The highest BCUT2D eigenvalue weighted by atomic mass is 32.1. The zero-order valence-electron chi connectivity index (χ0n) is 17.0. The van der Waals surface area contributed by atoms with Gasteiger partial charge in [-0.15, -0.1) is 11.3 Å². The highest BCUT2D eigenvalue weighted by molar-refractivity contribution is 7.10. The van der Waals surface area contributed by atoms with Crippen molar-refractivity contribution < 1.29 is 14.3 Å². The molecular weight excluding hydrogens is 396 g/mol. The van der Waals surface area contributed by atoms with E-state index in [0.29, 0.717) is 19.8 Å². The predicted molar refractivity (Wildman–Crippen MR) is 119 cm³/mol. The molecule has 0 bridgehead atoms. The number of carbonyl (C=O) groups excluding carboxylic acids is 2. The van der Waals surface area contributed by atoms with Crippen LogP contribution in [0.1, 0.15) is 41.0 Å². The molecule has 156 valence electrons. The molecule has 0 aliphatic heterocycles. The summed E-state index contributed by atoms with van der Waals surface area (Å²) in [4.78, 5) is 24.8. The summed E-state index contributed by atoms with van der Waals surface area (Å²) in [6.45, 7) is 3.03. The molecule has 2 N–H and O–H groups in total. The van der Waals surface area contributed by atoms with Gasteiger partial charge in [-0.1, -0.05) is 60.7 Å². The second-order valence-corrected chi connectivity index (χ2v) is 8.02. The molecule has 1 atom stereocenters. The summed E-state index contributed by atoms with van der Waals surface area (Å²) in [7, 11) is 0. The summed E-state index contributed by atoms with van der Waals surface area (Å²) in [5.41, 5.74) is 3.25. The number of thiophene rings is 1. The van der Waals surface area contributed by atoms with Crippen molar-refractivity contribution in [3.63, 3.8) is 0 Å². The summed E-state index contributed by atoms with van der Waals surface area (Å²) in [5, 5.41) is 7.72. The van der Waals surface area contributed by atoms with Crippen LogP contribution >= 0.6 is 11.3 Å². The second kappa shape index (κ2) is 11.3. The molecule has 0 saturated heterocycles. The van der Waals surface area contributed by atoms with Crippen molar-refractivity contribution in [2.45, 2.75) is 39.1 Å². The van der Waals surface area contributed by atoms with Crippen LogP contribution in [0.15, 0.2) is 72.1 Å². The first-order valence-corrected chi connectivity index (χ1v) is 10.7. The minimum absolute atomic E-state index is 0.0996. The number of hydrogen-bond donors (Lipinski definition) is 2. The average molecular weight is 423 g/mol. The molecule has 6 heteroatoms. The van der Waals surface area contributed by atoms with Gasteiger partial charge >= 0.3 is 0 Å². The average Bonchev–Trinajstić information content (AvgIpc) is 3.28. The number of hydrogen-bond acceptors (Lipinski definition) is 4. The van der Waals surface area contributed by atoms with Crippen LogP contribution in [0, 0.1) is 0 Å². The van der Waals surface area contributed by atoms with Crippen LogP contribution in [0.2, 0.25) is 0 Å². The van der Waals surface area contributed by atoms with Crippen molar-refractivity contribution in [1.29, 1.82) is 0 Å². The van der Waals surface area contributed by atoms with E-state index < -0.39 is 0 Å². The van der Waals surface area contributed by atoms with E-state index in [1.54, 1.807) is 0 Å². The molecule has 0 radical (unpaired) electrons. The van der Waals surface area contributed by atoms with Crippen LogP contribution in [0.25, 0.3) is 0 Å². The predicted octanol–water partition coefficient (Wildman–Crippen LogP) is 4.35. The molecular formula is C24H26N2O3S. The lowest BCUT2D eigenvalue weighted by Gasteiger charge is -2.16. The molecule has 0 aliphatic rings. The molecule has 2 aromatic carbocycles. The van der Waals surface area contributed by atoms with Crippen LogP contribution in [0.3, 0.4) is 0 Å². The van der Waals surface area contributed by atoms with Crippen molar-refractivity contribution in [3.05, 3.63) is 93.7 Å². The minimum Gasteiger partial charge on any atom is -0.372 e. The first kappa shape index (κ1) is 21.7. The third-order valence-corrected chi connectivity index (χ3v) is 5.53. The van der Waals surface area contributed by atoms with Gasteiger partial charge in [0.15, 0.2) is 0 Å². The third kappa shape index (κ3) is 7.13. The van der Waals surface area contributed by atoms with E-state index in [0.717, 1.165) is 21.6 Å². The zero-order valence-corrected chi connectivity index (χ0v) is 17.8. The van der Waals surface area contributed by atoms with Crippen LogP contribution in [-0.4, -0.2) is 11.8 Å².